The number of hydrogen-bond donors (Lipinski definition) is 1. The van der Waals surface area contributed by atoms with Crippen LogP contribution in [-0.2, 0) is 6.42 Å². The van der Waals surface area contributed by atoms with E-state index in [1.807, 2.05) is 13.2 Å². The van der Waals surface area contributed by atoms with Crippen LogP contribution in [0.1, 0.15) is 10.6 Å². The molecule has 0 saturated carbocycles. The SMILES string of the molecule is CSc1nc(C)c(CCO)s1. The molecule has 0 fully saturated rings. The van der Waals surface area contributed by atoms with Crippen molar-refractivity contribution in [3.05, 3.63) is 10.6 Å². The highest BCUT2D eigenvalue weighted by Crippen LogP contribution is 2.25. The third-order valence-corrected chi connectivity index (χ3v) is 3.59. The first-order chi connectivity index (χ1) is 5.27. The lowest BCUT2D eigenvalue weighted by molar-refractivity contribution is 0.300. The summed E-state index contributed by atoms with van der Waals surface area (Å²) in [5, 5.41) is 8.70. The average molecular weight is 189 g/mol. The van der Waals surface area contributed by atoms with Gasteiger partial charge in [0, 0.05) is 17.9 Å². The standard InChI is InChI=1S/C7H11NOS2/c1-5-6(3-4-9)11-7(8-5)10-2/h9H,3-4H2,1-2H3. The lowest BCUT2D eigenvalue weighted by atomic mass is 10.3. The maximum absolute atomic E-state index is 8.70. The molecule has 0 amide bonds. The maximum atomic E-state index is 8.70. The number of nitrogens with zero attached hydrogens (tertiary/aromatic N) is 1. The molecule has 2 nitrogen and oxygen atoms in total. The monoisotopic (exact) mass is 189 g/mol. The van der Waals surface area contributed by atoms with Crippen molar-refractivity contribution in [1.29, 1.82) is 0 Å². The van der Waals surface area contributed by atoms with Gasteiger partial charge in [0.2, 0.25) is 0 Å². The molecule has 1 N–H and O–H groups in total. The topological polar surface area (TPSA) is 33.1 Å². The molecular formula is C7H11NOS2. The van der Waals surface area contributed by atoms with E-state index in [2.05, 4.69) is 4.98 Å². The van der Waals surface area contributed by atoms with Gasteiger partial charge in [0.1, 0.15) is 4.34 Å². The molecule has 0 aliphatic heterocycles. The smallest absolute Gasteiger partial charge is 0.150 e. The highest BCUT2D eigenvalue weighted by Gasteiger charge is 2.04. The zero-order chi connectivity index (χ0) is 8.27. The molecule has 1 rings (SSSR count). The highest BCUT2D eigenvalue weighted by molar-refractivity contribution is 8.00. The Labute approximate surface area is 74.7 Å². The quantitative estimate of drug-likeness (QED) is 0.735. The summed E-state index contributed by atoms with van der Waals surface area (Å²) in [4.78, 5) is 5.52. The Kier molecular flexibility index (Phi) is 3.36. The lowest BCUT2D eigenvalue weighted by Crippen LogP contribution is -1.88. The molecule has 0 spiro atoms. The fourth-order valence-electron chi connectivity index (χ4n) is 0.822. The molecule has 11 heavy (non-hydrogen) atoms. The highest BCUT2D eigenvalue weighted by atomic mass is 32.2. The molecule has 0 unspecified atom stereocenters. The number of aryl methyl sites for hydroxylation is 1. The Morgan fingerprint density at radius 3 is 2.82 bits per heavy atom. The fraction of sp³-hybridized carbons (Fsp3) is 0.571. The summed E-state index contributed by atoms with van der Waals surface area (Å²) in [6.45, 7) is 2.21. The van der Waals surface area contributed by atoms with E-state index in [1.54, 1.807) is 23.1 Å². The molecule has 1 aromatic rings. The third kappa shape index (κ3) is 2.18. The number of thiazole rings is 1. The number of thioether (sulfide) groups is 1. The van der Waals surface area contributed by atoms with Gasteiger partial charge in [0.25, 0.3) is 0 Å². The predicted molar refractivity (Wildman–Crippen MR) is 49.4 cm³/mol. The van der Waals surface area contributed by atoms with Crippen molar-refractivity contribution < 1.29 is 5.11 Å². The fourth-order valence-corrected chi connectivity index (χ4v) is 2.47. The molecule has 0 radical (unpaired) electrons. The van der Waals surface area contributed by atoms with Crippen LogP contribution in [0.4, 0.5) is 0 Å². The van der Waals surface area contributed by atoms with Crippen LogP contribution in [0.2, 0.25) is 0 Å². The first-order valence-electron chi connectivity index (χ1n) is 3.39. The Morgan fingerprint density at radius 2 is 2.36 bits per heavy atom. The summed E-state index contributed by atoms with van der Waals surface area (Å²) in [7, 11) is 0. The summed E-state index contributed by atoms with van der Waals surface area (Å²) in [6.07, 6.45) is 2.76. The van der Waals surface area contributed by atoms with Gasteiger partial charge in [0.05, 0.1) is 5.69 Å². The minimum absolute atomic E-state index is 0.219. The summed E-state index contributed by atoms with van der Waals surface area (Å²) < 4.78 is 1.09. The van der Waals surface area contributed by atoms with E-state index in [9.17, 15) is 0 Å². The number of rotatable bonds is 3. The molecule has 1 heterocycles. The van der Waals surface area contributed by atoms with Crippen LogP contribution in [0.15, 0.2) is 4.34 Å². The van der Waals surface area contributed by atoms with Crippen LogP contribution in [0.25, 0.3) is 0 Å². The van der Waals surface area contributed by atoms with E-state index in [0.717, 1.165) is 16.5 Å². The molecule has 0 aromatic carbocycles. The second-order valence-electron chi connectivity index (χ2n) is 2.17. The minimum Gasteiger partial charge on any atom is -0.396 e. The molecule has 62 valence electrons. The molecule has 0 atom stereocenters. The van der Waals surface area contributed by atoms with E-state index in [-0.39, 0.29) is 6.61 Å². The van der Waals surface area contributed by atoms with Gasteiger partial charge in [-0.2, -0.15) is 0 Å². The van der Waals surface area contributed by atoms with E-state index in [4.69, 9.17) is 5.11 Å². The third-order valence-electron chi connectivity index (χ3n) is 1.39. The zero-order valence-electron chi connectivity index (χ0n) is 6.63. The van der Waals surface area contributed by atoms with Crippen molar-refractivity contribution in [3.63, 3.8) is 0 Å². The molecule has 0 aliphatic carbocycles. The summed E-state index contributed by atoms with van der Waals surface area (Å²) in [5.41, 5.74) is 1.06. The molecule has 0 bridgehead atoms. The minimum atomic E-state index is 0.219. The first-order valence-corrected chi connectivity index (χ1v) is 5.43. The van der Waals surface area contributed by atoms with Crippen molar-refractivity contribution in [2.75, 3.05) is 12.9 Å². The van der Waals surface area contributed by atoms with E-state index < -0.39 is 0 Å². The van der Waals surface area contributed by atoms with Crippen LogP contribution < -0.4 is 0 Å². The largest absolute Gasteiger partial charge is 0.396 e. The van der Waals surface area contributed by atoms with Gasteiger partial charge in [-0.3, -0.25) is 0 Å². The average Bonchev–Trinajstić information content (AvgIpc) is 2.33. The van der Waals surface area contributed by atoms with Gasteiger partial charge in [-0.1, -0.05) is 11.8 Å². The van der Waals surface area contributed by atoms with Gasteiger partial charge < -0.3 is 5.11 Å². The maximum Gasteiger partial charge on any atom is 0.150 e. The molecule has 4 heteroatoms. The first kappa shape index (κ1) is 9.03. The van der Waals surface area contributed by atoms with Crippen LogP contribution in [0, 0.1) is 6.92 Å². The van der Waals surface area contributed by atoms with E-state index in [0.29, 0.717) is 0 Å². The van der Waals surface area contributed by atoms with E-state index >= 15 is 0 Å². The van der Waals surface area contributed by atoms with Crippen molar-refractivity contribution in [1.82, 2.24) is 4.98 Å². The predicted octanol–water partition coefficient (Wildman–Crippen LogP) is 1.71. The zero-order valence-corrected chi connectivity index (χ0v) is 8.26. The van der Waals surface area contributed by atoms with Crippen LogP contribution >= 0.6 is 23.1 Å². The Morgan fingerprint density at radius 1 is 1.64 bits per heavy atom. The van der Waals surface area contributed by atoms with E-state index in [1.165, 1.54) is 4.88 Å². The van der Waals surface area contributed by atoms with Crippen LogP contribution in [0.3, 0.4) is 0 Å². The van der Waals surface area contributed by atoms with Gasteiger partial charge in [-0.05, 0) is 13.2 Å². The summed E-state index contributed by atoms with van der Waals surface area (Å²) in [6, 6.07) is 0. The summed E-state index contributed by atoms with van der Waals surface area (Å²) in [5.74, 6) is 0. The Balaban J connectivity index is 2.79. The Hall–Kier alpha value is -0.0600. The number of aliphatic hydroxyl groups is 1. The second-order valence-corrected chi connectivity index (χ2v) is 4.30. The molecule has 0 aliphatic rings. The van der Waals surface area contributed by atoms with Gasteiger partial charge in [-0.15, -0.1) is 11.3 Å². The Bertz CT molecular complexity index is 234. The van der Waals surface area contributed by atoms with Crippen LogP contribution in [-0.4, -0.2) is 23.0 Å². The van der Waals surface area contributed by atoms with Gasteiger partial charge in [0.15, 0.2) is 0 Å². The number of aliphatic hydroxyl groups excluding tert-OH is 1. The van der Waals surface area contributed by atoms with Crippen molar-refractivity contribution >= 4 is 23.1 Å². The second kappa shape index (κ2) is 4.09. The van der Waals surface area contributed by atoms with Gasteiger partial charge >= 0.3 is 0 Å². The molecular weight excluding hydrogens is 178 g/mol. The van der Waals surface area contributed by atoms with Crippen molar-refractivity contribution in [3.8, 4) is 0 Å². The van der Waals surface area contributed by atoms with Crippen molar-refractivity contribution in [2.24, 2.45) is 0 Å². The van der Waals surface area contributed by atoms with Gasteiger partial charge in [-0.25, -0.2) is 4.98 Å². The molecule has 0 saturated heterocycles. The summed E-state index contributed by atoms with van der Waals surface area (Å²) >= 11 is 3.33. The molecule has 1 aromatic heterocycles. The lowest BCUT2D eigenvalue weighted by Gasteiger charge is -1.90. The normalized spacial score (nSPS) is 10.5. The number of hydrogen-bond acceptors (Lipinski definition) is 4. The van der Waals surface area contributed by atoms with Crippen molar-refractivity contribution in [2.45, 2.75) is 17.7 Å². The van der Waals surface area contributed by atoms with Crippen LogP contribution in [0.5, 0.6) is 0 Å². The number of aromatic nitrogens is 1.